The molecule has 1 rings (SSSR count). The van der Waals surface area contributed by atoms with Crippen molar-refractivity contribution in [2.45, 2.75) is 32.6 Å². The van der Waals surface area contributed by atoms with Gasteiger partial charge in [0, 0.05) is 11.6 Å². The topological polar surface area (TPSA) is 34.2 Å². The summed E-state index contributed by atoms with van der Waals surface area (Å²) in [6, 6.07) is 3.88. The van der Waals surface area contributed by atoms with Gasteiger partial charge in [0.25, 0.3) is 0 Å². The first kappa shape index (κ1) is 13.0. The van der Waals surface area contributed by atoms with E-state index in [4.69, 9.17) is 4.74 Å². The maximum Gasteiger partial charge on any atom is 0.140 e. The summed E-state index contributed by atoms with van der Waals surface area (Å²) in [5.74, 6) is 0.879. The Morgan fingerprint density at radius 3 is 2.81 bits per heavy atom. The van der Waals surface area contributed by atoms with Crippen LogP contribution >= 0.6 is 0 Å². The predicted molar refractivity (Wildman–Crippen MR) is 67.0 cm³/mol. The molecule has 1 aromatic rings. The zero-order valence-electron chi connectivity index (χ0n) is 10.7. The van der Waals surface area contributed by atoms with E-state index in [0.717, 1.165) is 31.0 Å². The predicted octanol–water partition coefficient (Wildman–Crippen LogP) is 2.37. The van der Waals surface area contributed by atoms with Gasteiger partial charge in [-0.3, -0.25) is 4.98 Å². The minimum Gasteiger partial charge on any atom is -0.495 e. The van der Waals surface area contributed by atoms with Crippen molar-refractivity contribution in [3.8, 4) is 5.75 Å². The second-order valence-corrected chi connectivity index (χ2v) is 4.54. The standard InChI is InChI=1S/C13H22N2O/c1-5-14-10-8-13(2,3)12-11(16-4)7-6-9-15-12/h6-7,9,14H,5,8,10H2,1-4H3. The van der Waals surface area contributed by atoms with Crippen LogP contribution in [0.15, 0.2) is 18.3 Å². The van der Waals surface area contributed by atoms with Gasteiger partial charge >= 0.3 is 0 Å². The molecule has 0 saturated heterocycles. The Morgan fingerprint density at radius 2 is 2.19 bits per heavy atom. The third kappa shape index (κ3) is 3.20. The van der Waals surface area contributed by atoms with Crippen LogP contribution < -0.4 is 10.1 Å². The van der Waals surface area contributed by atoms with Gasteiger partial charge in [-0.05, 0) is 31.6 Å². The van der Waals surface area contributed by atoms with Crippen LogP contribution in [0, 0.1) is 0 Å². The van der Waals surface area contributed by atoms with Gasteiger partial charge in [-0.15, -0.1) is 0 Å². The summed E-state index contributed by atoms with van der Waals surface area (Å²) < 4.78 is 5.36. The van der Waals surface area contributed by atoms with E-state index < -0.39 is 0 Å². The molecule has 1 heterocycles. The molecular formula is C13H22N2O. The maximum absolute atomic E-state index is 5.36. The zero-order chi connectivity index (χ0) is 12.0. The number of hydrogen-bond acceptors (Lipinski definition) is 3. The van der Waals surface area contributed by atoms with Gasteiger partial charge in [-0.25, -0.2) is 0 Å². The average Bonchev–Trinajstić information content (AvgIpc) is 2.29. The van der Waals surface area contributed by atoms with Crippen LogP contribution in [-0.4, -0.2) is 25.2 Å². The molecule has 0 amide bonds. The molecule has 3 nitrogen and oxygen atoms in total. The van der Waals surface area contributed by atoms with Crippen molar-refractivity contribution in [1.29, 1.82) is 0 Å². The van der Waals surface area contributed by atoms with E-state index in [0.29, 0.717) is 0 Å². The van der Waals surface area contributed by atoms with E-state index in [1.54, 1.807) is 7.11 Å². The summed E-state index contributed by atoms with van der Waals surface area (Å²) >= 11 is 0. The first-order valence-electron chi connectivity index (χ1n) is 5.82. The van der Waals surface area contributed by atoms with Crippen LogP contribution in [0.3, 0.4) is 0 Å². The van der Waals surface area contributed by atoms with Crippen molar-refractivity contribution in [3.05, 3.63) is 24.0 Å². The third-order valence-corrected chi connectivity index (χ3v) is 2.81. The molecule has 1 aromatic heterocycles. The van der Waals surface area contributed by atoms with E-state index in [1.165, 1.54) is 0 Å². The molecule has 0 atom stereocenters. The summed E-state index contributed by atoms with van der Waals surface area (Å²) in [6.45, 7) is 8.54. The summed E-state index contributed by atoms with van der Waals surface area (Å²) in [6.07, 6.45) is 2.88. The van der Waals surface area contributed by atoms with E-state index in [2.05, 4.69) is 31.1 Å². The maximum atomic E-state index is 5.36. The summed E-state index contributed by atoms with van der Waals surface area (Å²) in [5, 5.41) is 3.34. The molecule has 0 bridgehead atoms. The first-order valence-corrected chi connectivity index (χ1v) is 5.82. The highest BCUT2D eigenvalue weighted by atomic mass is 16.5. The third-order valence-electron chi connectivity index (χ3n) is 2.81. The van der Waals surface area contributed by atoms with Crippen molar-refractivity contribution in [3.63, 3.8) is 0 Å². The first-order chi connectivity index (χ1) is 7.61. The van der Waals surface area contributed by atoms with Crippen LogP contribution in [0.5, 0.6) is 5.75 Å². The Hall–Kier alpha value is -1.09. The van der Waals surface area contributed by atoms with E-state index in [-0.39, 0.29) is 5.41 Å². The molecule has 0 aliphatic heterocycles. The summed E-state index contributed by atoms with van der Waals surface area (Å²) in [7, 11) is 1.70. The Bertz CT molecular complexity index is 323. The molecule has 16 heavy (non-hydrogen) atoms. The van der Waals surface area contributed by atoms with Crippen molar-refractivity contribution < 1.29 is 4.74 Å². The number of nitrogens with zero attached hydrogens (tertiary/aromatic N) is 1. The largest absolute Gasteiger partial charge is 0.495 e. The fourth-order valence-electron chi connectivity index (χ4n) is 1.76. The highest BCUT2D eigenvalue weighted by Crippen LogP contribution is 2.31. The van der Waals surface area contributed by atoms with Crippen molar-refractivity contribution in [2.75, 3.05) is 20.2 Å². The van der Waals surface area contributed by atoms with Gasteiger partial charge in [0.05, 0.1) is 12.8 Å². The lowest BCUT2D eigenvalue weighted by Crippen LogP contribution is -2.26. The Morgan fingerprint density at radius 1 is 1.44 bits per heavy atom. The van der Waals surface area contributed by atoms with Gasteiger partial charge < -0.3 is 10.1 Å². The Balaban J connectivity index is 2.79. The molecular weight excluding hydrogens is 200 g/mol. The molecule has 0 aliphatic carbocycles. The van der Waals surface area contributed by atoms with E-state index >= 15 is 0 Å². The number of pyridine rings is 1. The highest BCUT2D eigenvalue weighted by Gasteiger charge is 2.25. The molecule has 0 unspecified atom stereocenters. The zero-order valence-corrected chi connectivity index (χ0v) is 10.7. The van der Waals surface area contributed by atoms with Crippen LogP contribution in [0.1, 0.15) is 32.9 Å². The number of methoxy groups -OCH3 is 1. The molecule has 90 valence electrons. The highest BCUT2D eigenvalue weighted by molar-refractivity contribution is 5.32. The lowest BCUT2D eigenvalue weighted by atomic mass is 9.84. The number of aromatic nitrogens is 1. The van der Waals surface area contributed by atoms with Gasteiger partial charge in [0.15, 0.2) is 0 Å². The van der Waals surface area contributed by atoms with Crippen molar-refractivity contribution in [1.82, 2.24) is 10.3 Å². The minimum atomic E-state index is 0.0365. The lowest BCUT2D eigenvalue weighted by Gasteiger charge is -2.25. The Labute approximate surface area is 98.2 Å². The van der Waals surface area contributed by atoms with Gasteiger partial charge in [0.2, 0.25) is 0 Å². The average molecular weight is 222 g/mol. The molecule has 0 spiro atoms. The SMILES string of the molecule is CCNCCC(C)(C)c1ncccc1OC. The van der Waals surface area contributed by atoms with Crippen LogP contribution in [0.25, 0.3) is 0 Å². The second kappa shape index (κ2) is 5.85. The quantitative estimate of drug-likeness (QED) is 0.750. The minimum absolute atomic E-state index is 0.0365. The van der Waals surface area contributed by atoms with E-state index in [1.807, 2.05) is 18.3 Å². The molecule has 0 fully saturated rings. The van der Waals surface area contributed by atoms with Gasteiger partial charge in [-0.1, -0.05) is 20.8 Å². The van der Waals surface area contributed by atoms with Crippen LogP contribution in [0.2, 0.25) is 0 Å². The number of nitrogens with one attached hydrogen (secondary N) is 1. The van der Waals surface area contributed by atoms with Gasteiger partial charge in [-0.2, -0.15) is 0 Å². The van der Waals surface area contributed by atoms with Crippen LogP contribution in [-0.2, 0) is 5.41 Å². The smallest absolute Gasteiger partial charge is 0.140 e. The van der Waals surface area contributed by atoms with Crippen LogP contribution in [0.4, 0.5) is 0 Å². The molecule has 3 heteroatoms. The summed E-state index contributed by atoms with van der Waals surface area (Å²) in [4.78, 5) is 4.45. The second-order valence-electron chi connectivity index (χ2n) is 4.54. The van der Waals surface area contributed by atoms with Crippen molar-refractivity contribution in [2.24, 2.45) is 0 Å². The summed E-state index contributed by atoms with van der Waals surface area (Å²) in [5.41, 5.74) is 1.07. The molecule has 0 saturated carbocycles. The normalized spacial score (nSPS) is 11.5. The number of rotatable bonds is 6. The lowest BCUT2D eigenvalue weighted by molar-refractivity contribution is 0.375. The monoisotopic (exact) mass is 222 g/mol. The number of hydrogen-bond donors (Lipinski definition) is 1. The molecule has 0 aromatic carbocycles. The van der Waals surface area contributed by atoms with Gasteiger partial charge in [0.1, 0.15) is 5.75 Å². The molecule has 0 aliphatic rings. The fraction of sp³-hybridized carbons (Fsp3) is 0.615. The van der Waals surface area contributed by atoms with E-state index in [9.17, 15) is 0 Å². The Kier molecular flexibility index (Phi) is 4.74. The molecule has 1 N–H and O–H groups in total. The van der Waals surface area contributed by atoms with Crippen molar-refractivity contribution >= 4 is 0 Å². The number of ether oxygens (including phenoxy) is 1. The molecule has 0 radical (unpaired) electrons. The fourth-order valence-corrected chi connectivity index (χ4v) is 1.76.